The van der Waals surface area contributed by atoms with Crippen LogP contribution in [0.3, 0.4) is 0 Å². The van der Waals surface area contributed by atoms with Crippen LogP contribution in [0.1, 0.15) is 38.3 Å². The number of hydrogen-bond acceptors (Lipinski definition) is 2. The molecule has 1 aromatic carbocycles. The van der Waals surface area contributed by atoms with Gasteiger partial charge >= 0.3 is 6.03 Å². The van der Waals surface area contributed by atoms with E-state index in [9.17, 15) is 18.4 Å². The lowest BCUT2D eigenvalue weighted by Crippen LogP contribution is -2.50. The number of likely N-dealkylation sites (tertiary alicyclic amines) is 1. The first-order valence-electron chi connectivity index (χ1n) is 9.32. The largest absolute Gasteiger partial charge is 0.338 e. The number of halogens is 2. The molecule has 7 heteroatoms. The monoisotopic (exact) mass is 391 g/mol. The normalized spacial score (nSPS) is 20.6. The summed E-state index contributed by atoms with van der Waals surface area (Å²) in [5.74, 6) is 1.24. The highest BCUT2D eigenvalue weighted by Gasteiger charge is 2.42. The zero-order valence-electron chi connectivity index (χ0n) is 16.7. The van der Waals surface area contributed by atoms with Gasteiger partial charge < -0.3 is 15.1 Å². The van der Waals surface area contributed by atoms with Gasteiger partial charge in [0.1, 0.15) is 0 Å². The fraction of sp³-hybridized carbons (Fsp3) is 0.524. The summed E-state index contributed by atoms with van der Waals surface area (Å²) >= 11 is 0. The molecule has 152 valence electrons. The van der Waals surface area contributed by atoms with Crippen LogP contribution in [0.25, 0.3) is 0 Å². The summed E-state index contributed by atoms with van der Waals surface area (Å²) in [6, 6.07) is 7.86. The second-order valence-corrected chi connectivity index (χ2v) is 7.44. The summed E-state index contributed by atoms with van der Waals surface area (Å²) in [7, 11) is 3.19. The van der Waals surface area contributed by atoms with Crippen molar-refractivity contribution in [2.45, 2.75) is 44.7 Å². The Morgan fingerprint density at radius 2 is 1.93 bits per heavy atom. The summed E-state index contributed by atoms with van der Waals surface area (Å²) in [6.07, 6.45) is 0.430. The molecule has 1 aliphatic rings. The van der Waals surface area contributed by atoms with Crippen molar-refractivity contribution in [2.24, 2.45) is 5.92 Å². The molecule has 5 nitrogen and oxygen atoms in total. The summed E-state index contributed by atoms with van der Waals surface area (Å²) < 4.78 is 27.8. The SMILES string of the molecule is C[C@@H](C#CC(=O)N(C)C)NC(=O)N1CC[C@H](C(C)(F)F)C[C@@H]1c1ccccc1. The fourth-order valence-electron chi connectivity index (χ4n) is 3.25. The van der Waals surface area contributed by atoms with Gasteiger partial charge in [-0.05, 0) is 38.2 Å². The maximum atomic E-state index is 13.9. The molecule has 2 rings (SSSR count). The number of nitrogens with one attached hydrogen (secondary N) is 1. The lowest BCUT2D eigenvalue weighted by Gasteiger charge is -2.41. The van der Waals surface area contributed by atoms with Crippen molar-refractivity contribution in [2.75, 3.05) is 20.6 Å². The van der Waals surface area contributed by atoms with E-state index in [0.29, 0.717) is 0 Å². The first-order valence-corrected chi connectivity index (χ1v) is 9.32. The zero-order chi connectivity index (χ0) is 20.9. The van der Waals surface area contributed by atoms with Crippen LogP contribution in [0, 0.1) is 17.8 Å². The highest BCUT2D eigenvalue weighted by atomic mass is 19.3. The van der Waals surface area contributed by atoms with Gasteiger partial charge in [-0.25, -0.2) is 13.6 Å². The van der Waals surface area contributed by atoms with Crippen molar-refractivity contribution in [1.82, 2.24) is 15.1 Å². The molecule has 0 aromatic heterocycles. The summed E-state index contributed by atoms with van der Waals surface area (Å²) in [4.78, 5) is 27.3. The molecule has 3 atom stereocenters. The van der Waals surface area contributed by atoms with Crippen molar-refractivity contribution in [1.29, 1.82) is 0 Å². The van der Waals surface area contributed by atoms with Gasteiger partial charge in [-0.15, -0.1) is 0 Å². The molecule has 1 aromatic rings. The van der Waals surface area contributed by atoms with Gasteiger partial charge in [-0.3, -0.25) is 4.79 Å². The number of alkyl halides is 2. The van der Waals surface area contributed by atoms with Gasteiger partial charge in [-0.2, -0.15) is 0 Å². The second-order valence-electron chi connectivity index (χ2n) is 7.44. The first kappa shape index (κ1) is 21.7. The smallest absolute Gasteiger partial charge is 0.318 e. The average Bonchev–Trinajstić information content (AvgIpc) is 2.65. The molecule has 0 aliphatic carbocycles. The van der Waals surface area contributed by atoms with Gasteiger partial charge in [0.05, 0.1) is 12.1 Å². The molecule has 0 radical (unpaired) electrons. The van der Waals surface area contributed by atoms with Crippen molar-refractivity contribution in [3.63, 3.8) is 0 Å². The Kier molecular flexibility index (Phi) is 7.00. The van der Waals surface area contributed by atoms with Crippen LogP contribution in [0.2, 0.25) is 0 Å². The van der Waals surface area contributed by atoms with E-state index >= 15 is 0 Å². The van der Waals surface area contributed by atoms with E-state index in [4.69, 9.17) is 0 Å². The van der Waals surface area contributed by atoms with Crippen LogP contribution in [0.5, 0.6) is 0 Å². The van der Waals surface area contributed by atoms with Crippen LogP contribution in [0.15, 0.2) is 30.3 Å². The number of carbonyl (C=O) groups excluding carboxylic acids is 2. The number of amides is 3. The van der Waals surface area contributed by atoms with E-state index in [1.54, 1.807) is 25.9 Å². The number of rotatable bonds is 3. The predicted molar refractivity (Wildman–Crippen MR) is 104 cm³/mol. The third-order valence-corrected chi connectivity index (χ3v) is 4.91. The minimum absolute atomic E-state index is 0.195. The molecule has 0 bridgehead atoms. The molecule has 3 amide bonds. The lowest BCUT2D eigenvalue weighted by molar-refractivity contribution is -0.122. The zero-order valence-corrected chi connectivity index (χ0v) is 16.7. The molecule has 1 heterocycles. The summed E-state index contributed by atoms with van der Waals surface area (Å²) in [5.41, 5.74) is 0.827. The van der Waals surface area contributed by atoms with Crippen LogP contribution >= 0.6 is 0 Å². The van der Waals surface area contributed by atoms with E-state index in [1.165, 1.54) is 4.90 Å². The Balaban J connectivity index is 2.15. The first-order chi connectivity index (χ1) is 13.1. The molecule has 0 saturated carbocycles. The van der Waals surface area contributed by atoms with Gasteiger partial charge in [0.15, 0.2) is 0 Å². The van der Waals surface area contributed by atoms with E-state index in [0.717, 1.165) is 12.5 Å². The third-order valence-electron chi connectivity index (χ3n) is 4.91. The Hall–Kier alpha value is -2.62. The number of urea groups is 1. The Labute approximate surface area is 165 Å². The standard InChI is InChI=1S/C21H27F2N3O2/c1-15(10-11-19(27)25(3)4)24-20(28)26-13-12-17(21(2,22)23)14-18(26)16-8-6-5-7-9-16/h5-9,15,17-18H,12-14H2,1-4H3,(H,24,28)/t15-,17-,18+/m0/s1. The Morgan fingerprint density at radius 3 is 2.50 bits per heavy atom. The quantitative estimate of drug-likeness (QED) is 0.804. The Morgan fingerprint density at radius 1 is 1.29 bits per heavy atom. The van der Waals surface area contributed by atoms with Crippen LogP contribution in [-0.4, -0.2) is 54.3 Å². The van der Waals surface area contributed by atoms with Crippen LogP contribution in [0.4, 0.5) is 13.6 Å². The average molecular weight is 391 g/mol. The molecule has 1 fully saturated rings. The summed E-state index contributed by atoms with van der Waals surface area (Å²) in [5, 5.41) is 2.75. The van der Waals surface area contributed by atoms with E-state index in [-0.39, 0.29) is 31.3 Å². The van der Waals surface area contributed by atoms with Gasteiger partial charge in [0.25, 0.3) is 5.91 Å². The highest BCUT2D eigenvalue weighted by Crippen LogP contribution is 2.41. The van der Waals surface area contributed by atoms with Crippen molar-refractivity contribution in [3.05, 3.63) is 35.9 Å². The Bertz CT molecular complexity index is 750. The van der Waals surface area contributed by atoms with E-state index in [1.807, 2.05) is 30.3 Å². The highest BCUT2D eigenvalue weighted by molar-refractivity contribution is 5.93. The number of nitrogens with zero attached hydrogens (tertiary/aromatic N) is 2. The minimum Gasteiger partial charge on any atom is -0.338 e. The van der Waals surface area contributed by atoms with Gasteiger partial charge in [-0.1, -0.05) is 36.3 Å². The number of piperidine rings is 1. The van der Waals surface area contributed by atoms with E-state index < -0.39 is 23.9 Å². The van der Waals surface area contributed by atoms with E-state index in [2.05, 4.69) is 17.2 Å². The molecule has 1 aliphatic heterocycles. The number of hydrogen-bond donors (Lipinski definition) is 1. The predicted octanol–water partition coefficient (Wildman–Crippen LogP) is 3.28. The number of benzene rings is 1. The minimum atomic E-state index is -2.79. The van der Waals surface area contributed by atoms with Crippen molar-refractivity contribution in [3.8, 4) is 11.8 Å². The number of carbonyl (C=O) groups is 2. The lowest BCUT2D eigenvalue weighted by atomic mass is 9.84. The maximum absolute atomic E-state index is 13.9. The molecule has 0 spiro atoms. The maximum Gasteiger partial charge on any atom is 0.318 e. The molecule has 28 heavy (non-hydrogen) atoms. The topological polar surface area (TPSA) is 52.7 Å². The van der Waals surface area contributed by atoms with Crippen molar-refractivity contribution >= 4 is 11.9 Å². The molecular weight excluding hydrogens is 364 g/mol. The third kappa shape index (κ3) is 5.69. The molecule has 0 unspecified atom stereocenters. The fourth-order valence-corrected chi connectivity index (χ4v) is 3.25. The summed E-state index contributed by atoms with van der Waals surface area (Å²) in [6.45, 7) is 2.85. The molecule has 1 saturated heterocycles. The van der Waals surface area contributed by atoms with Gasteiger partial charge in [0.2, 0.25) is 5.92 Å². The van der Waals surface area contributed by atoms with Gasteiger partial charge in [0, 0.05) is 26.6 Å². The van der Waals surface area contributed by atoms with Crippen molar-refractivity contribution < 1.29 is 18.4 Å². The second kappa shape index (κ2) is 9.05. The van der Waals surface area contributed by atoms with Crippen LogP contribution < -0.4 is 5.32 Å². The molecule has 1 N–H and O–H groups in total. The molecular formula is C21H27F2N3O2. The van der Waals surface area contributed by atoms with Crippen LogP contribution in [-0.2, 0) is 4.79 Å².